The third-order valence-corrected chi connectivity index (χ3v) is 2.40. The van der Waals surface area contributed by atoms with Gasteiger partial charge in [-0.05, 0) is 25.0 Å². The predicted octanol–water partition coefficient (Wildman–Crippen LogP) is 1.35. The van der Waals surface area contributed by atoms with Gasteiger partial charge in [-0.15, -0.1) is 0 Å². The van der Waals surface area contributed by atoms with Gasteiger partial charge in [0.2, 0.25) is 5.91 Å². The summed E-state index contributed by atoms with van der Waals surface area (Å²) < 4.78 is 0. The number of nitrogens with zero attached hydrogens (tertiary/aromatic N) is 2. The number of amides is 2. The normalized spacial score (nSPS) is 11.3. The molecule has 0 spiro atoms. The minimum atomic E-state index is -0.347. The van der Waals surface area contributed by atoms with Crippen LogP contribution in [0.15, 0.2) is 29.6 Å². The highest BCUT2D eigenvalue weighted by molar-refractivity contribution is 6.01. The lowest BCUT2D eigenvalue weighted by molar-refractivity contribution is -0.120. The van der Waals surface area contributed by atoms with E-state index in [9.17, 15) is 9.59 Å². The Balaban J connectivity index is 2.42. The summed E-state index contributed by atoms with van der Waals surface area (Å²) in [6.07, 6.45) is 3.21. The van der Waals surface area contributed by atoms with Crippen molar-refractivity contribution in [2.45, 2.75) is 27.2 Å². The first-order valence-corrected chi connectivity index (χ1v) is 6.49. The van der Waals surface area contributed by atoms with Crippen molar-refractivity contribution < 1.29 is 9.59 Å². The highest BCUT2D eigenvalue weighted by atomic mass is 16.2. The molecular weight excluding hydrogens is 256 g/mol. The van der Waals surface area contributed by atoms with Crippen LogP contribution in [0.2, 0.25) is 0 Å². The molecule has 0 aliphatic rings. The summed E-state index contributed by atoms with van der Waals surface area (Å²) in [4.78, 5) is 27.1. The second kappa shape index (κ2) is 8.04. The second-order valence-corrected chi connectivity index (χ2v) is 4.90. The maximum atomic E-state index is 11.7. The van der Waals surface area contributed by atoms with Gasteiger partial charge in [0, 0.05) is 24.7 Å². The van der Waals surface area contributed by atoms with Crippen LogP contribution in [0.4, 0.5) is 0 Å². The standard InChI is InChI=1S/C14H20N4O2/c1-10(2)8-16-13(19)7-11(3)17-18-14(20)12-5-4-6-15-9-12/h4-6,9-10H,7-8H2,1-3H3,(H,16,19)(H,18,20)/b17-11+. The number of carbonyl (C=O) groups is 2. The molecule has 0 aliphatic heterocycles. The number of hydrogen-bond acceptors (Lipinski definition) is 4. The highest BCUT2D eigenvalue weighted by Gasteiger charge is 2.06. The van der Waals surface area contributed by atoms with Gasteiger partial charge in [0.15, 0.2) is 0 Å². The minimum Gasteiger partial charge on any atom is -0.356 e. The first-order chi connectivity index (χ1) is 9.49. The average Bonchev–Trinajstić information content (AvgIpc) is 2.43. The monoisotopic (exact) mass is 276 g/mol. The van der Waals surface area contributed by atoms with Crippen molar-refractivity contribution in [2.75, 3.05) is 6.54 Å². The zero-order valence-electron chi connectivity index (χ0n) is 12.0. The van der Waals surface area contributed by atoms with Crippen LogP contribution >= 0.6 is 0 Å². The molecule has 2 N–H and O–H groups in total. The molecule has 0 atom stereocenters. The molecule has 0 saturated heterocycles. The van der Waals surface area contributed by atoms with Gasteiger partial charge in [0.25, 0.3) is 5.91 Å². The topological polar surface area (TPSA) is 83.5 Å². The molecule has 1 aromatic rings. The van der Waals surface area contributed by atoms with Crippen LogP contribution in [0.25, 0.3) is 0 Å². The van der Waals surface area contributed by atoms with Gasteiger partial charge in [-0.2, -0.15) is 5.10 Å². The van der Waals surface area contributed by atoms with E-state index in [1.165, 1.54) is 6.20 Å². The molecule has 6 nitrogen and oxygen atoms in total. The summed E-state index contributed by atoms with van der Waals surface area (Å²) in [5, 5.41) is 6.69. The van der Waals surface area contributed by atoms with E-state index in [2.05, 4.69) is 20.8 Å². The molecule has 0 unspecified atom stereocenters. The summed E-state index contributed by atoms with van der Waals surface area (Å²) in [5.74, 6) is -0.0444. The SMILES string of the molecule is C/C(CC(=O)NCC(C)C)=N\NC(=O)c1cccnc1. The van der Waals surface area contributed by atoms with Crippen LogP contribution in [0, 0.1) is 5.92 Å². The largest absolute Gasteiger partial charge is 0.356 e. The van der Waals surface area contributed by atoms with Crippen LogP contribution in [0.3, 0.4) is 0 Å². The van der Waals surface area contributed by atoms with Gasteiger partial charge >= 0.3 is 0 Å². The number of nitrogens with one attached hydrogen (secondary N) is 2. The van der Waals surface area contributed by atoms with Crippen molar-refractivity contribution in [3.63, 3.8) is 0 Å². The van der Waals surface area contributed by atoms with Crippen molar-refractivity contribution in [3.05, 3.63) is 30.1 Å². The minimum absolute atomic E-state index is 0.101. The number of pyridine rings is 1. The molecule has 1 aromatic heterocycles. The smallest absolute Gasteiger partial charge is 0.272 e. The van der Waals surface area contributed by atoms with E-state index < -0.39 is 0 Å². The molecule has 20 heavy (non-hydrogen) atoms. The molecule has 0 fully saturated rings. The Morgan fingerprint density at radius 2 is 2.15 bits per heavy atom. The molecule has 2 amide bonds. The average molecular weight is 276 g/mol. The number of carbonyl (C=O) groups excluding carboxylic acids is 2. The van der Waals surface area contributed by atoms with Gasteiger partial charge in [-0.1, -0.05) is 13.8 Å². The molecule has 1 heterocycles. The maximum absolute atomic E-state index is 11.7. The van der Waals surface area contributed by atoms with E-state index in [0.717, 1.165) is 0 Å². The number of aromatic nitrogens is 1. The lowest BCUT2D eigenvalue weighted by Crippen LogP contribution is -2.29. The lowest BCUT2D eigenvalue weighted by Gasteiger charge is -2.07. The second-order valence-electron chi connectivity index (χ2n) is 4.90. The number of hydrazone groups is 1. The van der Waals surface area contributed by atoms with Gasteiger partial charge in [0.1, 0.15) is 0 Å². The molecule has 1 rings (SSSR count). The summed E-state index contributed by atoms with van der Waals surface area (Å²) in [6.45, 7) is 6.37. The van der Waals surface area contributed by atoms with Crippen molar-refractivity contribution >= 4 is 17.5 Å². The third-order valence-electron chi connectivity index (χ3n) is 2.40. The van der Waals surface area contributed by atoms with Crippen LogP contribution in [0.5, 0.6) is 0 Å². The molecule has 0 aliphatic carbocycles. The maximum Gasteiger partial charge on any atom is 0.272 e. The fraction of sp³-hybridized carbons (Fsp3) is 0.429. The molecule has 108 valence electrons. The van der Waals surface area contributed by atoms with Crippen molar-refractivity contribution in [3.8, 4) is 0 Å². The quantitative estimate of drug-likeness (QED) is 0.607. The summed E-state index contributed by atoms with van der Waals surface area (Å²) >= 11 is 0. The van der Waals surface area contributed by atoms with E-state index in [0.29, 0.717) is 23.7 Å². The predicted molar refractivity (Wildman–Crippen MR) is 77.3 cm³/mol. The first-order valence-electron chi connectivity index (χ1n) is 6.49. The number of hydrogen-bond donors (Lipinski definition) is 2. The lowest BCUT2D eigenvalue weighted by atomic mass is 10.2. The van der Waals surface area contributed by atoms with Gasteiger partial charge in [-0.25, -0.2) is 5.43 Å². The highest BCUT2D eigenvalue weighted by Crippen LogP contribution is 1.95. The van der Waals surface area contributed by atoms with Crippen molar-refractivity contribution in [1.29, 1.82) is 0 Å². The Morgan fingerprint density at radius 1 is 1.40 bits per heavy atom. The summed E-state index contributed by atoms with van der Waals surface area (Å²) in [7, 11) is 0. The first kappa shape index (κ1) is 15.8. The Kier molecular flexibility index (Phi) is 6.36. The Bertz CT molecular complexity index is 483. The van der Waals surface area contributed by atoms with E-state index in [-0.39, 0.29) is 18.2 Å². The molecular formula is C14H20N4O2. The van der Waals surface area contributed by atoms with E-state index in [1.54, 1.807) is 25.3 Å². The summed E-state index contributed by atoms with van der Waals surface area (Å²) in [5.41, 5.74) is 3.37. The molecule has 0 bridgehead atoms. The van der Waals surface area contributed by atoms with Gasteiger partial charge < -0.3 is 5.32 Å². The van der Waals surface area contributed by atoms with E-state index >= 15 is 0 Å². The Morgan fingerprint density at radius 3 is 2.75 bits per heavy atom. The van der Waals surface area contributed by atoms with E-state index in [1.807, 2.05) is 13.8 Å². The molecule has 0 saturated carbocycles. The Labute approximate surface area is 118 Å². The van der Waals surface area contributed by atoms with Gasteiger partial charge in [-0.3, -0.25) is 14.6 Å². The van der Waals surface area contributed by atoms with E-state index in [4.69, 9.17) is 0 Å². The number of rotatable bonds is 6. The van der Waals surface area contributed by atoms with Crippen LogP contribution in [-0.4, -0.2) is 29.1 Å². The molecule has 6 heteroatoms. The van der Waals surface area contributed by atoms with Crippen molar-refractivity contribution in [2.24, 2.45) is 11.0 Å². The zero-order valence-corrected chi connectivity index (χ0v) is 12.0. The fourth-order valence-corrected chi connectivity index (χ4v) is 1.36. The van der Waals surface area contributed by atoms with Crippen LogP contribution in [0.1, 0.15) is 37.6 Å². The summed E-state index contributed by atoms with van der Waals surface area (Å²) in [6, 6.07) is 3.31. The molecule has 0 radical (unpaired) electrons. The van der Waals surface area contributed by atoms with Gasteiger partial charge in [0.05, 0.1) is 12.0 Å². The van der Waals surface area contributed by atoms with Crippen LogP contribution in [-0.2, 0) is 4.79 Å². The van der Waals surface area contributed by atoms with Crippen LogP contribution < -0.4 is 10.7 Å². The fourth-order valence-electron chi connectivity index (χ4n) is 1.36. The molecule has 0 aromatic carbocycles. The van der Waals surface area contributed by atoms with Crippen molar-refractivity contribution in [1.82, 2.24) is 15.7 Å². The zero-order chi connectivity index (χ0) is 15.0. The third kappa shape index (κ3) is 6.08. The Hall–Kier alpha value is -2.24.